The molecular weight excluding hydrogens is 274 g/mol. The largest absolute Gasteiger partial charge is 0.483 e. The van der Waals surface area contributed by atoms with Crippen LogP contribution in [0.2, 0.25) is 0 Å². The van der Waals surface area contributed by atoms with Gasteiger partial charge in [0, 0.05) is 6.54 Å². The standard InChI is InChI=1S/C19H23NO2/c1-19(2,3)16-11-7-8-12-17(16)22-14-18(21)20-13-15-9-5-4-6-10-15/h4-12H,13-14H2,1-3H3,(H,20,21). The van der Waals surface area contributed by atoms with Crippen LogP contribution in [0, 0.1) is 0 Å². The van der Waals surface area contributed by atoms with E-state index in [1.165, 1.54) is 0 Å². The number of para-hydroxylation sites is 1. The fourth-order valence-corrected chi connectivity index (χ4v) is 2.20. The summed E-state index contributed by atoms with van der Waals surface area (Å²) in [5.74, 6) is 0.650. The molecule has 1 N–H and O–H groups in total. The lowest BCUT2D eigenvalue weighted by atomic mass is 9.86. The minimum Gasteiger partial charge on any atom is -0.483 e. The molecule has 0 aliphatic rings. The molecule has 0 bridgehead atoms. The molecule has 2 aromatic carbocycles. The number of nitrogens with one attached hydrogen (secondary N) is 1. The van der Waals surface area contributed by atoms with Crippen LogP contribution >= 0.6 is 0 Å². The van der Waals surface area contributed by atoms with Crippen LogP contribution < -0.4 is 10.1 Å². The quantitative estimate of drug-likeness (QED) is 0.914. The van der Waals surface area contributed by atoms with E-state index in [9.17, 15) is 4.79 Å². The molecule has 0 saturated carbocycles. The van der Waals surface area contributed by atoms with Gasteiger partial charge in [0.15, 0.2) is 6.61 Å². The molecule has 0 aliphatic carbocycles. The minimum absolute atomic E-state index is 0.0168. The Morgan fingerprint density at radius 2 is 1.64 bits per heavy atom. The highest BCUT2D eigenvalue weighted by Gasteiger charge is 2.18. The summed E-state index contributed by atoms with van der Waals surface area (Å²) in [5.41, 5.74) is 2.16. The van der Waals surface area contributed by atoms with Gasteiger partial charge >= 0.3 is 0 Å². The third-order valence-electron chi connectivity index (χ3n) is 3.39. The first-order valence-electron chi connectivity index (χ1n) is 7.50. The Hall–Kier alpha value is -2.29. The Labute approximate surface area is 132 Å². The molecule has 3 heteroatoms. The van der Waals surface area contributed by atoms with E-state index >= 15 is 0 Å². The average molecular weight is 297 g/mol. The maximum Gasteiger partial charge on any atom is 0.258 e. The number of hydrogen-bond acceptors (Lipinski definition) is 2. The van der Waals surface area contributed by atoms with Crippen molar-refractivity contribution in [2.75, 3.05) is 6.61 Å². The molecule has 0 radical (unpaired) electrons. The first kappa shape index (κ1) is 16.1. The van der Waals surface area contributed by atoms with Crippen molar-refractivity contribution in [2.24, 2.45) is 0 Å². The number of hydrogen-bond donors (Lipinski definition) is 1. The van der Waals surface area contributed by atoms with E-state index in [4.69, 9.17) is 4.74 Å². The van der Waals surface area contributed by atoms with Crippen molar-refractivity contribution in [1.29, 1.82) is 0 Å². The van der Waals surface area contributed by atoms with Crippen LogP contribution in [0.15, 0.2) is 54.6 Å². The van der Waals surface area contributed by atoms with Crippen molar-refractivity contribution >= 4 is 5.91 Å². The smallest absolute Gasteiger partial charge is 0.258 e. The van der Waals surface area contributed by atoms with Crippen LogP contribution in [0.3, 0.4) is 0 Å². The predicted octanol–water partition coefficient (Wildman–Crippen LogP) is 3.68. The molecule has 0 saturated heterocycles. The molecule has 1 amide bonds. The lowest BCUT2D eigenvalue weighted by Crippen LogP contribution is -2.28. The number of benzene rings is 2. The minimum atomic E-state index is -0.118. The normalized spacial score (nSPS) is 11.0. The van der Waals surface area contributed by atoms with E-state index in [-0.39, 0.29) is 17.9 Å². The summed E-state index contributed by atoms with van der Waals surface area (Å²) < 4.78 is 5.70. The van der Waals surface area contributed by atoms with Gasteiger partial charge in [-0.2, -0.15) is 0 Å². The topological polar surface area (TPSA) is 38.3 Å². The van der Waals surface area contributed by atoms with Gasteiger partial charge in [0.1, 0.15) is 5.75 Å². The lowest BCUT2D eigenvalue weighted by Gasteiger charge is -2.22. The molecule has 0 fully saturated rings. The molecule has 3 nitrogen and oxygen atoms in total. The van der Waals surface area contributed by atoms with Gasteiger partial charge in [0.05, 0.1) is 0 Å². The summed E-state index contributed by atoms with van der Waals surface area (Å²) in [7, 11) is 0. The Morgan fingerprint density at radius 3 is 2.32 bits per heavy atom. The second-order valence-corrected chi connectivity index (χ2v) is 6.30. The Balaban J connectivity index is 1.89. The molecule has 116 valence electrons. The Morgan fingerprint density at radius 1 is 1.00 bits per heavy atom. The fourth-order valence-electron chi connectivity index (χ4n) is 2.20. The third-order valence-corrected chi connectivity index (χ3v) is 3.39. The number of carbonyl (C=O) groups excluding carboxylic acids is 1. The summed E-state index contributed by atoms with van der Waals surface area (Å²) in [6.45, 7) is 6.93. The van der Waals surface area contributed by atoms with Gasteiger partial charge < -0.3 is 10.1 Å². The second kappa shape index (κ2) is 7.12. The zero-order chi connectivity index (χ0) is 16.0. The van der Waals surface area contributed by atoms with Gasteiger partial charge in [-0.3, -0.25) is 4.79 Å². The molecule has 0 unspecified atom stereocenters. The molecule has 0 aliphatic heterocycles. The predicted molar refractivity (Wildman–Crippen MR) is 88.9 cm³/mol. The van der Waals surface area contributed by atoms with E-state index in [2.05, 4.69) is 26.1 Å². The Kier molecular flexibility index (Phi) is 5.21. The van der Waals surface area contributed by atoms with Crippen molar-refractivity contribution in [3.05, 3.63) is 65.7 Å². The van der Waals surface area contributed by atoms with Crippen molar-refractivity contribution in [3.8, 4) is 5.75 Å². The van der Waals surface area contributed by atoms with Crippen LogP contribution in [0.1, 0.15) is 31.9 Å². The maximum absolute atomic E-state index is 11.9. The number of carbonyl (C=O) groups is 1. The first-order chi connectivity index (χ1) is 10.5. The fraction of sp³-hybridized carbons (Fsp3) is 0.316. The highest BCUT2D eigenvalue weighted by Crippen LogP contribution is 2.30. The number of ether oxygens (including phenoxy) is 1. The molecular formula is C19H23NO2. The summed E-state index contributed by atoms with van der Waals surface area (Å²) in [4.78, 5) is 11.9. The number of amides is 1. The molecule has 0 aromatic heterocycles. The van der Waals surface area contributed by atoms with Gasteiger partial charge in [-0.1, -0.05) is 69.3 Å². The average Bonchev–Trinajstić information content (AvgIpc) is 2.51. The summed E-state index contributed by atoms with van der Waals surface area (Å²) in [5, 5.41) is 2.86. The zero-order valence-electron chi connectivity index (χ0n) is 13.4. The van der Waals surface area contributed by atoms with Gasteiger partial charge in [-0.05, 0) is 22.6 Å². The van der Waals surface area contributed by atoms with Crippen LogP contribution in [0.4, 0.5) is 0 Å². The van der Waals surface area contributed by atoms with Crippen molar-refractivity contribution < 1.29 is 9.53 Å². The zero-order valence-corrected chi connectivity index (χ0v) is 13.4. The Bertz CT molecular complexity index is 615. The van der Waals surface area contributed by atoms with Crippen molar-refractivity contribution in [1.82, 2.24) is 5.32 Å². The summed E-state index contributed by atoms with van der Waals surface area (Å²) in [6, 6.07) is 17.7. The van der Waals surface area contributed by atoms with E-state index < -0.39 is 0 Å². The third kappa shape index (κ3) is 4.62. The second-order valence-electron chi connectivity index (χ2n) is 6.30. The van der Waals surface area contributed by atoms with Gasteiger partial charge in [-0.25, -0.2) is 0 Å². The van der Waals surface area contributed by atoms with Crippen LogP contribution in [-0.2, 0) is 16.8 Å². The maximum atomic E-state index is 11.9. The van der Waals surface area contributed by atoms with Gasteiger partial charge in [0.25, 0.3) is 5.91 Å². The molecule has 22 heavy (non-hydrogen) atoms. The molecule has 0 atom stereocenters. The van der Waals surface area contributed by atoms with Crippen molar-refractivity contribution in [2.45, 2.75) is 32.7 Å². The summed E-state index contributed by atoms with van der Waals surface area (Å²) >= 11 is 0. The molecule has 2 aromatic rings. The monoisotopic (exact) mass is 297 g/mol. The lowest BCUT2D eigenvalue weighted by molar-refractivity contribution is -0.123. The highest BCUT2D eigenvalue weighted by atomic mass is 16.5. The molecule has 2 rings (SSSR count). The van der Waals surface area contributed by atoms with Crippen molar-refractivity contribution in [3.63, 3.8) is 0 Å². The SMILES string of the molecule is CC(C)(C)c1ccccc1OCC(=O)NCc1ccccc1. The van der Waals surface area contributed by atoms with Crippen LogP contribution in [0.5, 0.6) is 5.75 Å². The van der Waals surface area contributed by atoms with Gasteiger partial charge in [-0.15, -0.1) is 0 Å². The van der Waals surface area contributed by atoms with E-state index in [0.29, 0.717) is 6.54 Å². The first-order valence-corrected chi connectivity index (χ1v) is 7.50. The van der Waals surface area contributed by atoms with Gasteiger partial charge in [0.2, 0.25) is 0 Å². The van der Waals surface area contributed by atoms with E-state index in [1.54, 1.807) is 0 Å². The van der Waals surface area contributed by atoms with Crippen LogP contribution in [-0.4, -0.2) is 12.5 Å². The molecule has 0 spiro atoms. The summed E-state index contributed by atoms with van der Waals surface area (Å²) in [6.07, 6.45) is 0. The van der Waals surface area contributed by atoms with E-state index in [0.717, 1.165) is 16.9 Å². The number of rotatable bonds is 5. The van der Waals surface area contributed by atoms with Crippen LogP contribution in [0.25, 0.3) is 0 Å². The molecule has 0 heterocycles. The van der Waals surface area contributed by atoms with E-state index in [1.807, 2.05) is 54.6 Å². The highest BCUT2D eigenvalue weighted by molar-refractivity contribution is 5.77.